The third kappa shape index (κ3) is 4.90. The van der Waals surface area contributed by atoms with Crippen LogP contribution < -0.4 is 4.74 Å². The first-order valence-corrected chi connectivity index (χ1v) is 9.64. The molecule has 2 aromatic rings. The molecule has 0 bridgehead atoms. The van der Waals surface area contributed by atoms with Crippen LogP contribution in [0.25, 0.3) is 0 Å². The van der Waals surface area contributed by atoms with Crippen LogP contribution in [-0.2, 0) is 9.53 Å². The largest absolute Gasteiger partial charge is 0.457 e. The summed E-state index contributed by atoms with van der Waals surface area (Å²) in [6.07, 6.45) is 0.528. The Hall–Kier alpha value is -2.55. The number of esters is 1. The first-order valence-electron chi connectivity index (χ1n) is 8.88. The van der Waals surface area contributed by atoms with Crippen molar-refractivity contribution in [2.24, 2.45) is 17.3 Å². The van der Waals surface area contributed by atoms with Crippen LogP contribution in [0.1, 0.15) is 25.5 Å². The van der Waals surface area contributed by atoms with Crippen molar-refractivity contribution in [2.45, 2.75) is 20.0 Å². The van der Waals surface area contributed by atoms with Gasteiger partial charge in [-0.2, -0.15) is 5.26 Å². The lowest BCUT2D eigenvalue weighted by Crippen LogP contribution is -2.14. The molecular weight excluding hydrogens is 416 g/mol. The Bertz CT molecular complexity index is 978. The highest BCUT2D eigenvalue weighted by atomic mass is 35.5. The van der Waals surface area contributed by atoms with E-state index in [1.54, 1.807) is 30.3 Å². The molecule has 0 radical (unpaired) electrons. The van der Waals surface area contributed by atoms with E-state index in [9.17, 15) is 14.4 Å². The van der Waals surface area contributed by atoms with Gasteiger partial charge in [0.1, 0.15) is 27.9 Å². The number of hydrogen-bond donors (Lipinski definition) is 0. The molecule has 0 aliphatic heterocycles. The van der Waals surface area contributed by atoms with Gasteiger partial charge in [-0.3, -0.25) is 4.79 Å². The molecule has 29 heavy (non-hydrogen) atoms. The van der Waals surface area contributed by atoms with E-state index in [1.165, 1.54) is 24.3 Å². The van der Waals surface area contributed by atoms with Crippen LogP contribution in [0.3, 0.4) is 0 Å². The van der Waals surface area contributed by atoms with E-state index in [1.807, 2.05) is 19.9 Å². The molecule has 7 heteroatoms. The van der Waals surface area contributed by atoms with Crippen LogP contribution in [0.15, 0.2) is 59.1 Å². The molecule has 1 aliphatic carbocycles. The van der Waals surface area contributed by atoms with Crippen LogP contribution >= 0.6 is 23.2 Å². The summed E-state index contributed by atoms with van der Waals surface area (Å²) in [6.45, 7) is 3.82. The first-order chi connectivity index (χ1) is 13.7. The molecule has 4 nitrogen and oxygen atoms in total. The van der Waals surface area contributed by atoms with Crippen molar-refractivity contribution in [2.75, 3.05) is 0 Å². The summed E-state index contributed by atoms with van der Waals surface area (Å²) in [4.78, 5) is 12.6. The van der Waals surface area contributed by atoms with E-state index in [2.05, 4.69) is 0 Å². The third-order valence-electron chi connectivity index (χ3n) is 5.03. The average Bonchev–Trinajstić information content (AvgIpc) is 3.21. The summed E-state index contributed by atoms with van der Waals surface area (Å²) in [5, 5.41) is 9.52. The number of benzene rings is 2. The molecule has 3 atom stereocenters. The zero-order valence-corrected chi connectivity index (χ0v) is 17.2. The lowest BCUT2D eigenvalue weighted by molar-refractivity contribution is -0.149. The fourth-order valence-electron chi connectivity index (χ4n) is 3.31. The minimum atomic E-state index is -1.09. The number of carbonyl (C=O) groups excluding carboxylic acids is 1. The van der Waals surface area contributed by atoms with Gasteiger partial charge in [-0.05, 0) is 53.8 Å². The molecule has 1 fully saturated rings. The topological polar surface area (TPSA) is 59.3 Å². The fraction of sp³-hybridized carbons (Fsp3) is 0.273. The van der Waals surface area contributed by atoms with Crippen LogP contribution in [0.4, 0.5) is 4.39 Å². The highest BCUT2D eigenvalue weighted by molar-refractivity contribution is 6.55. The maximum absolute atomic E-state index is 13.0. The van der Waals surface area contributed by atoms with Crippen LogP contribution in [0, 0.1) is 34.4 Å². The molecule has 3 rings (SSSR count). The SMILES string of the molecule is CC1(C)[C@H](C(=O)OC(C#N)c2cccc(Oc3ccc(F)cc3)c2)[C@@H]1C=C(Cl)Cl. The Labute approximate surface area is 178 Å². The Morgan fingerprint density at radius 1 is 1.21 bits per heavy atom. The number of nitriles is 1. The van der Waals surface area contributed by atoms with Gasteiger partial charge in [-0.25, -0.2) is 4.39 Å². The van der Waals surface area contributed by atoms with E-state index in [0.29, 0.717) is 17.1 Å². The number of hydrogen-bond acceptors (Lipinski definition) is 4. The van der Waals surface area contributed by atoms with Crippen molar-refractivity contribution in [3.63, 3.8) is 0 Å². The zero-order valence-electron chi connectivity index (χ0n) is 15.7. The standard InChI is InChI=1S/C22H18Cl2FNO3/c1-22(2)17(11-19(23)24)20(22)21(27)29-18(12-26)13-4-3-5-16(10-13)28-15-8-6-14(25)7-9-15/h3-11,17-18,20H,1-2H3/t17-,18?,20-/m0/s1. The number of allylic oxidation sites excluding steroid dienone is 1. The van der Waals surface area contributed by atoms with Gasteiger partial charge in [-0.1, -0.05) is 49.2 Å². The van der Waals surface area contributed by atoms with E-state index in [0.717, 1.165) is 0 Å². The summed E-state index contributed by atoms with van der Waals surface area (Å²) >= 11 is 11.4. The van der Waals surface area contributed by atoms with Crippen molar-refractivity contribution < 1.29 is 18.7 Å². The van der Waals surface area contributed by atoms with Gasteiger partial charge in [0.25, 0.3) is 0 Å². The van der Waals surface area contributed by atoms with Gasteiger partial charge >= 0.3 is 5.97 Å². The highest BCUT2D eigenvalue weighted by Gasteiger charge is 2.62. The van der Waals surface area contributed by atoms with Gasteiger partial charge in [0, 0.05) is 5.56 Å². The smallest absolute Gasteiger partial charge is 0.311 e. The Morgan fingerprint density at radius 2 is 1.90 bits per heavy atom. The number of halogens is 3. The zero-order chi connectivity index (χ0) is 21.2. The monoisotopic (exact) mass is 433 g/mol. The Morgan fingerprint density at radius 3 is 2.52 bits per heavy atom. The lowest BCUT2D eigenvalue weighted by Gasteiger charge is -2.13. The van der Waals surface area contributed by atoms with Crippen LogP contribution in [-0.4, -0.2) is 5.97 Å². The van der Waals surface area contributed by atoms with Gasteiger partial charge in [0.15, 0.2) is 0 Å². The van der Waals surface area contributed by atoms with Gasteiger partial charge in [-0.15, -0.1) is 0 Å². The Kier molecular flexibility index (Phi) is 6.16. The summed E-state index contributed by atoms with van der Waals surface area (Å²) in [5.41, 5.74) is 0.126. The van der Waals surface area contributed by atoms with Gasteiger partial charge in [0.2, 0.25) is 6.10 Å². The summed E-state index contributed by atoms with van der Waals surface area (Å²) in [6, 6.07) is 14.2. The maximum Gasteiger partial charge on any atom is 0.311 e. The van der Waals surface area contributed by atoms with Crippen molar-refractivity contribution in [3.05, 3.63) is 70.5 Å². The molecule has 0 amide bonds. The van der Waals surface area contributed by atoms with E-state index in [-0.39, 0.29) is 21.6 Å². The van der Waals surface area contributed by atoms with Crippen LogP contribution in [0.5, 0.6) is 11.5 Å². The predicted molar refractivity (Wildman–Crippen MR) is 108 cm³/mol. The second kappa shape index (κ2) is 8.44. The van der Waals surface area contributed by atoms with E-state index in [4.69, 9.17) is 32.7 Å². The van der Waals surface area contributed by atoms with Gasteiger partial charge < -0.3 is 9.47 Å². The number of ether oxygens (including phenoxy) is 2. The lowest BCUT2D eigenvalue weighted by atomic mass is 10.1. The fourth-order valence-corrected chi connectivity index (χ4v) is 3.58. The minimum absolute atomic E-state index is 0.0980. The highest BCUT2D eigenvalue weighted by Crippen LogP contribution is 2.60. The molecule has 2 aromatic carbocycles. The number of rotatable bonds is 6. The minimum Gasteiger partial charge on any atom is -0.457 e. The number of nitrogens with zero attached hydrogens (tertiary/aromatic N) is 1. The van der Waals surface area contributed by atoms with Crippen molar-refractivity contribution in [3.8, 4) is 17.6 Å². The molecule has 0 spiro atoms. The molecule has 1 aliphatic rings. The molecule has 0 heterocycles. The summed E-state index contributed by atoms with van der Waals surface area (Å²) in [7, 11) is 0. The van der Waals surface area contributed by atoms with E-state index < -0.39 is 18.0 Å². The normalized spacial score (nSPS) is 20.1. The second-order valence-corrected chi connectivity index (χ2v) is 8.36. The van der Waals surface area contributed by atoms with Crippen molar-refractivity contribution >= 4 is 29.2 Å². The molecule has 1 unspecified atom stereocenters. The predicted octanol–water partition coefficient (Wildman–Crippen LogP) is 6.32. The third-order valence-corrected chi connectivity index (χ3v) is 5.28. The molecule has 0 aromatic heterocycles. The quantitative estimate of drug-likeness (QED) is 0.500. The molecule has 150 valence electrons. The Balaban J connectivity index is 1.72. The van der Waals surface area contributed by atoms with Crippen LogP contribution in [0.2, 0.25) is 0 Å². The summed E-state index contributed by atoms with van der Waals surface area (Å²) in [5.74, 6) is -0.540. The molecule has 0 N–H and O–H groups in total. The molecule has 1 saturated carbocycles. The molecular formula is C22H18Cl2FNO3. The second-order valence-electron chi connectivity index (χ2n) is 7.36. The summed E-state index contributed by atoms with van der Waals surface area (Å²) < 4.78 is 24.3. The van der Waals surface area contributed by atoms with E-state index >= 15 is 0 Å². The van der Waals surface area contributed by atoms with Crippen molar-refractivity contribution in [1.82, 2.24) is 0 Å². The van der Waals surface area contributed by atoms with Gasteiger partial charge in [0.05, 0.1) is 5.92 Å². The maximum atomic E-state index is 13.0. The first kappa shape index (κ1) is 21.2. The molecule has 0 saturated heterocycles. The average molecular weight is 434 g/mol. The number of carbonyl (C=O) groups is 1. The van der Waals surface area contributed by atoms with Crippen molar-refractivity contribution in [1.29, 1.82) is 5.26 Å².